The maximum Gasteiger partial charge on any atom is 0.339 e. The number of aliphatic hydroxyl groups excluding tert-OH is 1. The van der Waals surface area contributed by atoms with Gasteiger partial charge in [0.15, 0.2) is 6.10 Å². The zero-order valence-corrected chi connectivity index (χ0v) is 12.1. The van der Waals surface area contributed by atoms with Gasteiger partial charge in [0.05, 0.1) is 7.11 Å². The Hall–Kier alpha value is -2.33. The lowest BCUT2D eigenvalue weighted by Crippen LogP contribution is -2.15. The molecule has 0 amide bonds. The van der Waals surface area contributed by atoms with E-state index < -0.39 is 12.1 Å². The van der Waals surface area contributed by atoms with Crippen molar-refractivity contribution < 1.29 is 19.4 Å². The summed E-state index contributed by atoms with van der Waals surface area (Å²) < 4.78 is 10.3. The fourth-order valence-electron chi connectivity index (χ4n) is 1.97. The van der Waals surface area contributed by atoms with E-state index in [9.17, 15) is 9.90 Å². The molecule has 4 heteroatoms. The van der Waals surface area contributed by atoms with Crippen LogP contribution < -0.4 is 4.74 Å². The molecule has 0 radical (unpaired) electrons. The summed E-state index contributed by atoms with van der Waals surface area (Å²) in [6.07, 6.45) is -1.30. The minimum atomic E-state index is -1.30. The van der Waals surface area contributed by atoms with Crippen LogP contribution in [-0.4, -0.2) is 18.2 Å². The van der Waals surface area contributed by atoms with E-state index >= 15 is 0 Å². The molecule has 4 nitrogen and oxygen atoms in total. The number of rotatable bonds is 5. The maximum absolute atomic E-state index is 11.5. The number of carbonyl (C=O) groups excluding carboxylic acids is 1. The minimum Gasteiger partial charge on any atom is -0.489 e. The molecule has 2 aromatic carbocycles. The van der Waals surface area contributed by atoms with Gasteiger partial charge in [0.25, 0.3) is 0 Å². The number of methoxy groups -OCH3 is 1. The third-order valence-electron chi connectivity index (χ3n) is 3.19. The molecule has 0 aliphatic heterocycles. The molecule has 0 spiro atoms. The summed E-state index contributed by atoms with van der Waals surface area (Å²) in [5.74, 6) is 0.0562. The van der Waals surface area contributed by atoms with Crippen LogP contribution in [0, 0.1) is 6.92 Å². The van der Waals surface area contributed by atoms with Gasteiger partial charge in [0, 0.05) is 0 Å². The summed E-state index contributed by atoms with van der Waals surface area (Å²) in [5, 5.41) is 9.97. The SMILES string of the molecule is COC(=O)C(O)c1ccccc1COc1ccc(C)cc1. The molecule has 0 aromatic heterocycles. The van der Waals surface area contributed by atoms with E-state index in [-0.39, 0.29) is 6.61 Å². The van der Waals surface area contributed by atoms with E-state index in [4.69, 9.17) is 4.74 Å². The van der Waals surface area contributed by atoms with Gasteiger partial charge in [-0.1, -0.05) is 42.0 Å². The van der Waals surface area contributed by atoms with Gasteiger partial charge in [-0.3, -0.25) is 0 Å². The number of hydrogen-bond donors (Lipinski definition) is 1. The molecule has 2 aromatic rings. The smallest absolute Gasteiger partial charge is 0.339 e. The molecule has 0 saturated heterocycles. The van der Waals surface area contributed by atoms with Crippen LogP contribution in [0.4, 0.5) is 0 Å². The highest BCUT2D eigenvalue weighted by atomic mass is 16.5. The number of esters is 1. The number of hydrogen-bond acceptors (Lipinski definition) is 4. The Balaban J connectivity index is 2.13. The Bertz CT molecular complexity index is 604. The number of aryl methyl sites for hydroxylation is 1. The quantitative estimate of drug-likeness (QED) is 0.859. The summed E-state index contributed by atoms with van der Waals surface area (Å²) in [5.41, 5.74) is 2.40. The fraction of sp³-hybridized carbons (Fsp3) is 0.235. The van der Waals surface area contributed by atoms with Gasteiger partial charge >= 0.3 is 5.97 Å². The lowest BCUT2D eigenvalue weighted by Gasteiger charge is -2.14. The highest BCUT2D eigenvalue weighted by molar-refractivity contribution is 5.76. The second kappa shape index (κ2) is 6.90. The van der Waals surface area contributed by atoms with Gasteiger partial charge in [-0.25, -0.2) is 4.79 Å². The van der Waals surface area contributed by atoms with Crippen molar-refractivity contribution in [3.8, 4) is 5.75 Å². The molecule has 21 heavy (non-hydrogen) atoms. The Labute approximate surface area is 123 Å². The van der Waals surface area contributed by atoms with Gasteiger partial charge < -0.3 is 14.6 Å². The first-order valence-corrected chi connectivity index (χ1v) is 6.65. The lowest BCUT2D eigenvalue weighted by molar-refractivity contribution is -0.150. The van der Waals surface area contributed by atoms with Gasteiger partial charge in [-0.15, -0.1) is 0 Å². The second-order valence-corrected chi connectivity index (χ2v) is 4.73. The van der Waals surface area contributed by atoms with Crippen molar-refractivity contribution in [3.05, 3.63) is 65.2 Å². The predicted molar refractivity (Wildman–Crippen MR) is 78.9 cm³/mol. The molecule has 0 fully saturated rings. The molecule has 1 atom stereocenters. The van der Waals surface area contributed by atoms with Crippen LogP contribution in [0.3, 0.4) is 0 Å². The molecule has 0 saturated carbocycles. The van der Waals surface area contributed by atoms with Crippen LogP contribution in [0.25, 0.3) is 0 Å². The summed E-state index contributed by atoms with van der Waals surface area (Å²) in [7, 11) is 1.25. The number of aliphatic hydroxyl groups is 1. The van der Waals surface area contributed by atoms with Crippen molar-refractivity contribution in [2.45, 2.75) is 19.6 Å². The molecule has 0 aliphatic rings. The Kier molecular flexibility index (Phi) is 4.95. The third kappa shape index (κ3) is 3.83. The van der Waals surface area contributed by atoms with Crippen LogP contribution in [0.15, 0.2) is 48.5 Å². The summed E-state index contributed by atoms with van der Waals surface area (Å²) in [6.45, 7) is 2.28. The Morgan fingerprint density at radius 2 is 1.81 bits per heavy atom. The molecule has 0 aliphatic carbocycles. The molecular weight excluding hydrogens is 268 g/mol. The number of carbonyl (C=O) groups is 1. The monoisotopic (exact) mass is 286 g/mol. The topological polar surface area (TPSA) is 55.8 Å². The van der Waals surface area contributed by atoms with Crippen molar-refractivity contribution in [2.75, 3.05) is 7.11 Å². The van der Waals surface area contributed by atoms with E-state index in [0.717, 1.165) is 16.9 Å². The molecule has 1 unspecified atom stereocenters. The zero-order valence-electron chi connectivity index (χ0n) is 12.1. The molecule has 1 N–H and O–H groups in total. The molecular formula is C17H18O4. The van der Waals surface area contributed by atoms with E-state index in [2.05, 4.69) is 4.74 Å². The number of benzene rings is 2. The van der Waals surface area contributed by atoms with Crippen molar-refractivity contribution in [3.63, 3.8) is 0 Å². The first-order chi connectivity index (χ1) is 10.1. The highest BCUT2D eigenvalue weighted by Gasteiger charge is 2.20. The largest absolute Gasteiger partial charge is 0.489 e. The highest BCUT2D eigenvalue weighted by Crippen LogP contribution is 2.21. The fourth-order valence-corrected chi connectivity index (χ4v) is 1.97. The standard InChI is InChI=1S/C17H18O4/c1-12-7-9-14(10-8-12)21-11-13-5-3-4-6-15(13)16(18)17(19)20-2/h3-10,16,18H,11H2,1-2H3. The van der Waals surface area contributed by atoms with E-state index in [0.29, 0.717) is 5.56 Å². The zero-order chi connectivity index (χ0) is 15.2. The van der Waals surface area contributed by atoms with E-state index in [1.54, 1.807) is 12.1 Å². The minimum absolute atomic E-state index is 0.271. The molecule has 0 heterocycles. The van der Waals surface area contributed by atoms with Crippen LogP contribution in [0.2, 0.25) is 0 Å². The summed E-state index contributed by atoms with van der Waals surface area (Å²) in [4.78, 5) is 11.5. The predicted octanol–water partition coefficient (Wildman–Crippen LogP) is 2.78. The average Bonchev–Trinajstić information content (AvgIpc) is 2.53. The third-order valence-corrected chi connectivity index (χ3v) is 3.19. The van der Waals surface area contributed by atoms with E-state index in [1.807, 2.05) is 43.3 Å². The molecule has 110 valence electrons. The Morgan fingerprint density at radius 1 is 1.14 bits per heavy atom. The van der Waals surface area contributed by atoms with Crippen LogP contribution in [-0.2, 0) is 16.1 Å². The van der Waals surface area contributed by atoms with Crippen LogP contribution in [0.1, 0.15) is 22.8 Å². The van der Waals surface area contributed by atoms with Gasteiger partial charge in [0.2, 0.25) is 0 Å². The van der Waals surface area contributed by atoms with E-state index in [1.165, 1.54) is 7.11 Å². The first kappa shape index (κ1) is 15.1. The summed E-state index contributed by atoms with van der Waals surface area (Å²) in [6, 6.07) is 14.8. The maximum atomic E-state index is 11.5. The van der Waals surface area contributed by atoms with Crippen molar-refractivity contribution in [1.29, 1.82) is 0 Å². The van der Waals surface area contributed by atoms with Crippen molar-refractivity contribution >= 4 is 5.97 Å². The van der Waals surface area contributed by atoms with Gasteiger partial charge in [-0.05, 0) is 30.2 Å². The number of ether oxygens (including phenoxy) is 2. The lowest BCUT2D eigenvalue weighted by atomic mass is 10.0. The Morgan fingerprint density at radius 3 is 2.48 bits per heavy atom. The van der Waals surface area contributed by atoms with Crippen molar-refractivity contribution in [2.24, 2.45) is 0 Å². The molecule has 2 rings (SSSR count). The van der Waals surface area contributed by atoms with Crippen LogP contribution >= 0.6 is 0 Å². The first-order valence-electron chi connectivity index (χ1n) is 6.65. The normalized spacial score (nSPS) is 11.8. The molecule has 0 bridgehead atoms. The second-order valence-electron chi connectivity index (χ2n) is 4.73. The van der Waals surface area contributed by atoms with Crippen molar-refractivity contribution in [1.82, 2.24) is 0 Å². The average molecular weight is 286 g/mol. The van der Waals surface area contributed by atoms with Gasteiger partial charge in [-0.2, -0.15) is 0 Å². The van der Waals surface area contributed by atoms with Gasteiger partial charge in [0.1, 0.15) is 12.4 Å². The summed E-state index contributed by atoms with van der Waals surface area (Å²) >= 11 is 0. The van der Waals surface area contributed by atoms with Crippen LogP contribution in [0.5, 0.6) is 5.75 Å².